The van der Waals surface area contributed by atoms with Crippen molar-refractivity contribution in [1.82, 2.24) is 4.73 Å². The molecule has 0 amide bonds. The molecule has 0 radical (unpaired) electrons. The molecule has 0 unspecified atom stereocenters. The molecule has 0 bridgehead atoms. The molecule has 10 heavy (non-hydrogen) atoms. The standard InChI is InChI=1S/C7H9NOS/c1-2-6-3-4-7(10)8(9)5-6/h3-5,9H,2H2,1H3. The molecule has 0 aliphatic rings. The van der Waals surface area contributed by atoms with Crippen molar-refractivity contribution in [1.29, 1.82) is 0 Å². The zero-order valence-electron chi connectivity index (χ0n) is 5.74. The van der Waals surface area contributed by atoms with Crippen LogP contribution in [0.15, 0.2) is 18.3 Å². The minimum absolute atomic E-state index is 0.442. The third kappa shape index (κ3) is 1.36. The first-order valence-corrected chi connectivity index (χ1v) is 3.55. The Kier molecular flexibility index (Phi) is 2.06. The molecule has 1 N–H and O–H groups in total. The first kappa shape index (κ1) is 7.28. The maximum atomic E-state index is 9.04. The van der Waals surface area contributed by atoms with Crippen molar-refractivity contribution in [2.24, 2.45) is 0 Å². The number of hydrogen-bond acceptors (Lipinski definition) is 2. The normalized spacial score (nSPS) is 9.70. The monoisotopic (exact) mass is 155 g/mol. The SMILES string of the molecule is CCc1ccc(=S)n(O)c1. The van der Waals surface area contributed by atoms with Gasteiger partial charge in [0.15, 0.2) is 0 Å². The summed E-state index contributed by atoms with van der Waals surface area (Å²) in [5, 5.41) is 9.04. The van der Waals surface area contributed by atoms with Gasteiger partial charge in [-0.3, -0.25) is 0 Å². The Morgan fingerprint density at radius 3 is 2.80 bits per heavy atom. The quantitative estimate of drug-likeness (QED) is 0.495. The number of rotatable bonds is 1. The Balaban J connectivity index is 3.17. The van der Waals surface area contributed by atoms with E-state index in [0.29, 0.717) is 4.64 Å². The van der Waals surface area contributed by atoms with Gasteiger partial charge in [-0.2, -0.15) is 4.73 Å². The van der Waals surface area contributed by atoms with Crippen LogP contribution in [-0.2, 0) is 6.42 Å². The molecule has 0 spiro atoms. The highest BCUT2D eigenvalue weighted by Gasteiger charge is 1.89. The van der Waals surface area contributed by atoms with Crippen LogP contribution in [0.4, 0.5) is 0 Å². The molecule has 0 saturated heterocycles. The van der Waals surface area contributed by atoms with E-state index in [4.69, 9.17) is 17.4 Å². The minimum atomic E-state index is 0.442. The largest absolute Gasteiger partial charge is 0.428 e. The minimum Gasteiger partial charge on any atom is -0.428 e. The van der Waals surface area contributed by atoms with Gasteiger partial charge >= 0.3 is 0 Å². The average molecular weight is 155 g/mol. The molecule has 0 saturated carbocycles. The van der Waals surface area contributed by atoms with Gasteiger partial charge in [0.25, 0.3) is 0 Å². The lowest BCUT2D eigenvalue weighted by Crippen LogP contribution is -1.94. The van der Waals surface area contributed by atoms with Crippen molar-refractivity contribution in [2.75, 3.05) is 0 Å². The zero-order valence-corrected chi connectivity index (χ0v) is 6.56. The summed E-state index contributed by atoms with van der Waals surface area (Å²) in [5.41, 5.74) is 1.08. The Hall–Kier alpha value is -0.830. The van der Waals surface area contributed by atoms with Crippen LogP contribution >= 0.6 is 12.2 Å². The van der Waals surface area contributed by atoms with E-state index in [1.807, 2.05) is 13.0 Å². The fourth-order valence-electron chi connectivity index (χ4n) is 0.728. The molecule has 3 heteroatoms. The number of pyridine rings is 1. The third-order valence-corrected chi connectivity index (χ3v) is 1.69. The lowest BCUT2D eigenvalue weighted by molar-refractivity contribution is 0.179. The van der Waals surface area contributed by atoms with Gasteiger partial charge in [-0.1, -0.05) is 25.2 Å². The number of hydrogen-bond donors (Lipinski definition) is 1. The third-order valence-electron chi connectivity index (χ3n) is 1.36. The average Bonchev–Trinajstić information content (AvgIpc) is 1.95. The molecule has 2 nitrogen and oxygen atoms in total. The second kappa shape index (κ2) is 2.84. The predicted molar refractivity (Wildman–Crippen MR) is 41.8 cm³/mol. The number of aryl methyl sites for hydroxylation is 1. The Bertz CT molecular complexity index is 279. The summed E-state index contributed by atoms with van der Waals surface area (Å²) in [6.45, 7) is 2.03. The second-order valence-corrected chi connectivity index (χ2v) is 2.49. The predicted octanol–water partition coefficient (Wildman–Crippen LogP) is 2.02. The highest BCUT2D eigenvalue weighted by atomic mass is 32.1. The van der Waals surface area contributed by atoms with Crippen molar-refractivity contribution < 1.29 is 5.21 Å². The van der Waals surface area contributed by atoms with Gasteiger partial charge in [0.05, 0.1) is 0 Å². The molecule has 0 aliphatic heterocycles. The van der Waals surface area contributed by atoms with Crippen molar-refractivity contribution in [3.8, 4) is 0 Å². The van der Waals surface area contributed by atoms with Gasteiger partial charge < -0.3 is 5.21 Å². The molecule has 1 aromatic rings. The summed E-state index contributed by atoms with van der Waals surface area (Å²) in [6.07, 6.45) is 2.54. The summed E-state index contributed by atoms with van der Waals surface area (Å²) >= 11 is 4.77. The second-order valence-electron chi connectivity index (χ2n) is 2.07. The Labute approximate surface area is 64.7 Å². The maximum absolute atomic E-state index is 9.04. The van der Waals surface area contributed by atoms with Crippen molar-refractivity contribution in [3.63, 3.8) is 0 Å². The first-order chi connectivity index (χ1) is 4.74. The van der Waals surface area contributed by atoms with E-state index in [0.717, 1.165) is 16.7 Å². The molecule has 1 heterocycles. The van der Waals surface area contributed by atoms with E-state index in [2.05, 4.69) is 0 Å². The van der Waals surface area contributed by atoms with Crippen LogP contribution in [0, 0.1) is 4.64 Å². The van der Waals surface area contributed by atoms with E-state index in [1.165, 1.54) is 0 Å². The van der Waals surface area contributed by atoms with Crippen LogP contribution in [0.2, 0.25) is 0 Å². The summed E-state index contributed by atoms with van der Waals surface area (Å²) in [4.78, 5) is 0. The lowest BCUT2D eigenvalue weighted by atomic mass is 10.2. The smallest absolute Gasteiger partial charge is 0.142 e. The van der Waals surface area contributed by atoms with E-state index >= 15 is 0 Å². The molecule has 0 aliphatic carbocycles. The van der Waals surface area contributed by atoms with Crippen LogP contribution in [0.5, 0.6) is 0 Å². The Morgan fingerprint density at radius 1 is 1.60 bits per heavy atom. The van der Waals surface area contributed by atoms with E-state index in [9.17, 15) is 0 Å². The van der Waals surface area contributed by atoms with E-state index < -0.39 is 0 Å². The highest BCUT2D eigenvalue weighted by molar-refractivity contribution is 7.71. The van der Waals surface area contributed by atoms with Gasteiger partial charge in [0, 0.05) is 6.20 Å². The molecule has 0 atom stereocenters. The van der Waals surface area contributed by atoms with Gasteiger partial charge in [0.2, 0.25) is 0 Å². The van der Waals surface area contributed by atoms with Crippen LogP contribution in [0.3, 0.4) is 0 Å². The van der Waals surface area contributed by atoms with E-state index in [1.54, 1.807) is 12.3 Å². The summed E-state index contributed by atoms with van der Waals surface area (Å²) < 4.78 is 1.41. The molecule has 0 fully saturated rings. The topological polar surface area (TPSA) is 25.2 Å². The van der Waals surface area contributed by atoms with Crippen molar-refractivity contribution in [3.05, 3.63) is 28.5 Å². The van der Waals surface area contributed by atoms with Gasteiger partial charge in [-0.25, -0.2) is 0 Å². The van der Waals surface area contributed by atoms with Crippen LogP contribution in [0.25, 0.3) is 0 Å². The van der Waals surface area contributed by atoms with Gasteiger partial charge in [-0.05, 0) is 18.1 Å². The van der Waals surface area contributed by atoms with Crippen molar-refractivity contribution in [2.45, 2.75) is 13.3 Å². The zero-order chi connectivity index (χ0) is 7.56. The van der Waals surface area contributed by atoms with Crippen LogP contribution in [-0.4, -0.2) is 9.94 Å². The molecular weight excluding hydrogens is 146 g/mol. The Morgan fingerprint density at radius 2 is 2.30 bits per heavy atom. The number of nitrogens with zero attached hydrogens (tertiary/aromatic N) is 1. The van der Waals surface area contributed by atoms with E-state index in [-0.39, 0.29) is 0 Å². The summed E-state index contributed by atoms with van der Waals surface area (Å²) in [6, 6.07) is 3.63. The van der Waals surface area contributed by atoms with Crippen molar-refractivity contribution >= 4 is 12.2 Å². The molecule has 1 aromatic heterocycles. The highest BCUT2D eigenvalue weighted by Crippen LogP contribution is 1.99. The molecular formula is C7H9NOS. The number of aromatic nitrogens is 1. The first-order valence-electron chi connectivity index (χ1n) is 3.15. The molecule has 54 valence electrons. The summed E-state index contributed by atoms with van der Waals surface area (Å²) in [5.74, 6) is 0. The molecule has 1 rings (SSSR count). The van der Waals surface area contributed by atoms with Crippen LogP contribution < -0.4 is 0 Å². The molecule has 0 aromatic carbocycles. The fraction of sp³-hybridized carbons (Fsp3) is 0.286. The van der Waals surface area contributed by atoms with Gasteiger partial charge in [-0.15, -0.1) is 0 Å². The summed E-state index contributed by atoms with van der Waals surface area (Å²) in [7, 11) is 0. The van der Waals surface area contributed by atoms with Gasteiger partial charge in [0.1, 0.15) is 4.64 Å². The fourth-order valence-corrected chi connectivity index (χ4v) is 0.848. The van der Waals surface area contributed by atoms with Crippen LogP contribution in [0.1, 0.15) is 12.5 Å². The lowest BCUT2D eigenvalue weighted by Gasteiger charge is -1.98. The maximum Gasteiger partial charge on any atom is 0.142 e.